The highest BCUT2D eigenvalue weighted by atomic mass is 19.1. The van der Waals surface area contributed by atoms with Gasteiger partial charge in [-0.25, -0.2) is 4.39 Å². The van der Waals surface area contributed by atoms with Gasteiger partial charge in [-0.15, -0.1) is 6.42 Å². The predicted molar refractivity (Wildman–Crippen MR) is 94.7 cm³/mol. The van der Waals surface area contributed by atoms with Crippen LogP contribution < -0.4 is 0 Å². The minimum atomic E-state index is -1.12. The number of hydrogen-bond acceptors (Lipinski definition) is 3. The van der Waals surface area contributed by atoms with Gasteiger partial charge in [0.2, 0.25) is 0 Å². The van der Waals surface area contributed by atoms with Crippen LogP contribution >= 0.6 is 0 Å². The molecule has 1 aromatic heterocycles. The second-order valence-electron chi connectivity index (χ2n) is 7.14. The molecule has 0 aliphatic heterocycles. The van der Waals surface area contributed by atoms with Crippen LogP contribution in [0.2, 0.25) is 0 Å². The van der Waals surface area contributed by atoms with Crippen LogP contribution in [0.25, 0.3) is 0 Å². The van der Waals surface area contributed by atoms with Crippen molar-refractivity contribution in [3.05, 3.63) is 35.9 Å². The van der Waals surface area contributed by atoms with Gasteiger partial charge in [0.1, 0.15) is 5.83 Å². The number of halogens is 1. The summed E-state index contributed by atoms with van der Waals surface area (Å²) < 4.78 is 20.7. The third kappa shape index (κ3) is 3.52. The Hall–Kier alpha value is -2.55. The van der Waals surface area contributed by atoms with E-state index >= 15 is 0 Å². The molecule has 1 saturated carbocycles. The van der Waals surface area contributed by atoms with Crippen molar-refractivity contribution < 1.29 is 23.8 Å². The number of hydrogen-bond donors (Lipinski definition) is 1. The van der Waals surface area contributed by atoms with Crippen molar-refractivity contribution in [3.8, 4) is 12.3 Å². The number of ether oxygens (including phenoxy) is 1. The van der Waals surface area contributed by atoms with E-state index in [1.807, 2.05) is 12.3 Å². The number of carboxylic acids is 1. The van der Waals surface area contributed by atoms with Gasteiger partial charge in [-0.3, -0.25) is 9.59 Å². The van der Waals surface area contributed by atoms with E-state index in [4.69, 9.17) is 11.2 Å². The van der Waals surface area contributed by atoms with E-state index in [-0.39, 0.29) is 13.0 Å². The van der Waals surface area contributed by atoms with E-state index in [2.05, 4.69) is 5.92 Å². The molecule has 1 heterocycles. The van der Waals surface area contributed by atoms with Crippen molar-refractivity contribution in [2.45, 2.75) is 40.2 Å². The lowest BCUT2D eigenvalue weighted by Gasteiger charge is -2.14. The molecule has 1 aliphatic carbocycles. The Morgan fingerprint density at radius 1 is 1.50 bits per heavy atom. The van der Waals surface area contributed by atoms with Gasteiger partial charge in [-0.05, 0) is 36.5 Å². The molecule has 1 fully saturated rings. The first-order chi connectivity index (χ1) is 12.2. The lowest BCUT2D eigenvalue weighted by molar-refractivity contribution is -0.145. The first-order valence-corrected chi connectivity index (χ1v) is 8.52. The summed E-state index contributed by atoms with van der Waals surface area (Å²) >= 11 is 0. The molecule has 0 radical (unpaired) electrons. The number of rotatable bonds is 8. The standard InChI is InChI=1S/C20H24FNO4/c1-5-8-22-9-7-14(13-22)12-20(18(24)25)16(19(20,3)4)10-15(21)11-17(23)26-6-2/h1,7,9-10,13,16H,6,8,11-12H2,2-4H3,(H,24,25)/t16-,20+/m1/s1. The molecule has 0 spiro atoms. The number of nitrogens with zero attached hydrogens (tertiary/aromatic N) is 1. The Balaban J connectivity index is 2.22. The summed E-state index contributed by atoms with van der Waals surface area (Å²) in [5, 5.41) is 9.88. The van der Waals surface area contributed by atoms with Crippen LogP contribution in [0.3, 0.4) is 0 Å². The molecule has 0 aromatic carbocycles. The summed E-state index contributed by atoms with van der Waals surface area (Å²) in [6.07, 6.45) is 9.95. The molecule has 1 aliphatic rings. The smallest absolute Gasteiger partial charge is 0.312 e. The number of allylic oxidation sites excluding steroid dienone is 1. The maximum atomic E-state index is 14.2. The molecule has 0 saturated heterocycles. The van der Waals surface area contributed by atoms with Crippen LogP contribution in [0.1, 0.15) is 32.8 Å². The maximum Gasteiger partial charge on any atom is 0.312 e. The zero-order valence-corrected chi connectivity index (χ0v) is 15.3. The van der Waals surface area contributed by atoms with E-state index in [1.165, 1.54) is 6.08 Å². The van der Waals surface area contributed by atoms with E-state index in [0.29, 0.717) is 6.54 Å². The molecule has 0 unspecified atom stereocenters. The minimum absolute atomic E-state index is 0.175. The van der Waals surface area contributed by atoms with Gasteiger partial charge in [0.15, 0.2) is 0 Å². The first kappa shape index (κ1) is 19.8. The Morgan fingerprint density at radius 3 is 2.77 bits per heavy atom. The molecule has 2 rings (SSSR count). The molecule has 2 atom stereocenters. The van der Waals surface area contributed by atoms with Crippen molar-refractivity contribution in [2.75, 3.05) is 6.61 Å². The lowest BCUT2D eigenvalue weighted by Crippen LogP contribution is -2.24. The molecule has 1 N–H and O–H groups in total. The highest BCUT2D eigenvalue weighted by molar-refractivity contribution is 5.82. The molecule has 1 aromatic rings. The van der Waals surface area contributed by atoms with Gasteiger partial charge < -0.3 is 14.4 Å². The van der Waals surface area contributed by atoms with Gasteiger partial charge in [0.25, 0.3) is 0 Å². The van der Waals surface area contributed by atoms with Gasteiger partial charge >= 0.3 is 11.9 Å². The number of aromatic nitrogens is 1. The molecule has 26 heavy (non-hydrogen) atoms. The number of aliphatic carboxylic acids is 1. The van der Waals surface area contributed by atoms with Crippen molar-refractivity contribution in [2.24, 2.45) is 16.7 Å². The topological polar surface area (TPSA) is 68.5 Å². The maximum absolute atomic E-state index is 14.2. The monoisotopic (exact) mass is 361 g/mol. The highest BCUT2D eigenvalue weighted by Crippen LogP contribution is 2.71. The first-order valence-electron chi connectivity index (χ1n) is 8.52. The van der Waals surface area contributed by atoms with Crippen molar-refractivity contribution >= 4 is 11.9 Å². The van der Waals surface area contributed by atoms with Crippen LogP contribution in [0.15, 0.2) is 30.4 Å². The van der Waals surface area contributed by atoms with E-state index in [9.17, 15) is 19.1 Å². The Kier molecular flexibility index (Phi) is 5.60. The fourth-order valence-electron chi connectivity index (χ4n) is 3.78. The predicted octanol–water partition coefficient (Wildman–Crippen LogP) is 3.20. The summed E-state index contributed by atoms with van der Waals surface area (Å²) in [4.78, 5) is 23.5. The summed E-state index contributed by atoms with van der Waals surface area (Å²) in [5.41, 5.74) is -0.933. The third-order valence-electron chi connectivity index (χ3n) is 5.29. The molecular weight excluding hydrogens is 337 g/mol. The zero-order valence-electron chi connectivity index (χ0n) is 15.3. The molecule has 5 nitrogen and oxygen atoms in total. The highest BCUT2D eigenvalue weighted by Gasteiger charge is 2.74. The van der Waals surface area contributed by atoms with Gasteiger partial charge in [0, 0.05) is 18.3 Å². The molecule has 0 amide bonds. The zero-order chi connectivity index (χ0) is 19.5. The van der Waals surface area contributed by atoms with Gasteiger partial charge in [-0.2, -0.15) is 0 Å². The van der Waals surface area contributed by atoms with Crippen molar-refractivity contribution in [1.82, 2.24) is 4.57 Å². The number of esters is 1. The van der Waals surface area contributed by atoms with Crippen molar-refractivity contribution in [1.29, 1.82) is 0 Å². The average Bonchev–Trinajstić information content (AvgIpc) is 2.85. The van der Waals surface area contributed by atoms with Crippen LogP contribution in [0.5, 0.6) is 0 Å². The van der Waals surface area contributed by atoms with E-state index in [1.54, 1.807) is 31.5 Å². The second-order valence-corrected chi connectivity index (χ2v) is 7.14. The Morgan fingerprint density at radius 2 is 2.19 bits per heavy atom. The van der Waals surface area contributed by atoms with Crippen molar-refractivity contribution in [3.63, 3.8) is 0 Å². The van der Waals surface area contributed by atoms with Crippen LogP contribution in [-0.4, -0.2) is 28.2 Å². The summed E-state index contributed by atoms with van der Waals surface area (Å²) in [7, 11) is 0. The molecular formula is C20H24FNO4. The second kappa shape index (κ2) is 7.36. The van der Waals surface area contributed by atoms with Crippen LogP contribution in [-0.2, 0) is 27.3 Å². The fraction of sp³-hybridized carbons (Fsp3) is 0.500. The van der Waals surface area contributed by atoms with Crippen LogP contribution in [0, 0.1) is 29.1 Å². The normalized spacial score (nSPS) is 24.0. The molecule has 0 bridgehead atoms. The van der Waals surface area contributed by atoms with E-state index < -0.39 is 40.9 Å². The lowest BCUT2D eigenvalue weighted by atomic mass is 9.89. The summed E-state index contributed by atoms with van der Waals surface area (Å²) in [5.74, 6) is -0.287. The number of carbonyl (C=O) groups excluding carboxylic acids is 1. The van der Waals surface area contributed by atoms with Crippen LogP contribution in [0.4, 0.5) is 4.39 Å². The van der Waals surface area contributed by atoms with E-state index in [0.717, 1.165) is 5.56 Å². The summed E-state index contributed by atoms with van der Waals surface area (Å²) in [6.45, 7) is 5.83. The Bertz CT molecular complexity index is 771. The quantitative estimate of drug-likeness (QED) is 0.570. The third-order valence-corrected chi connectivity index (χ3v) is 5.29. The molecule has 140 valence electrons. The Labute approximate surface area is 152 Å². The number of carboxylic acid groups (broad SMARTS) is 1. The van der Waals surface area contributed by atoms with Gasteiger partial charge in [0.05, 0.1) is 25.0 Å². The number of carbonyl (C=O) groups is 2. The molecule has 6 heteroatoms. The fourth-order valence-corrected chi connectivity index (χ4v) is 3.78. The average molecular weight is 361 g/mol. The summed E-state index contributed by atoms with van der Waals surface area (Å²) in [6, 6.07) is 1.83. The largest absolute Gasteiger partial charge is 0.481 e. The minimum Gasteiger partial charge on any atom is -0.481 e. The van der Waals surface area contributed by atoms with Gasteiger partial charge in [-0.1, -0.05) is 19.8 Å². The SMILES string of the molecule is C#CCn1ccc(C[C@@]2(C(=O)O)[C@H](C=C(F)CC(=O)OCC)C2(C)C)c1. The number of terminal acetylenes is 1.